The number of nitrogens with one attached hydrogen (secondary N) is 1. The molecule has 1 rings (SSSR count). The fraction of sp³-hybridized carbons (Fsp3) is 0.909. The standard InChI is InChI=1S/C11H22N2O2/c1-13(2)8-4-7-12-10-6-3-5-9(10)11(14)15/h9-10,12H,3-8H2,1-2H3,(H,14,15). The maximum Gasteiger partial charge on any atom is 0.308 e. The van der Waals surface area contributed by atoms with E-state index in [2.05, 4.69) is 24.3 Å². The first kappa shape index (κ1) is 12.5. The Kier molecular flexibility index (Phi) is 5.05. The molecule has 0 aliphatic heterocycles. The van der Waals surface area contributed by atoms with Crippen molar-refractivity contribution in [2.75, 3.05) is 27.2 Å². The van der Waals surface area contributed by atoms with E-state index in [1.165, 1.54) is 0 Å². The number of carboxylic acids is 1. The van der Waals surface area contributed by atoms with Crippen LogP contribution in [0.3, 0.4) is 0 Å². The Morgan fingerprint density at radius 3 is 2.80 bits per heavy atom. The van der Waals surface area contributed by atoms with Crippen molar-refractivity contribution in [3.05, 3.63) is 0 Å². The summed E-state index contributed by atoms with van der Waals surface area (Å²) >= 11 is 0. The van der Waals surface area contributed by atoms with Gasteiger partial charge in [0, 0.05) is 6.04 Å². The summed E-state index contributed by atoms with van der Waals surface area (Å²) in [5, 5.41) is 12.3. The van der Waals surface area contributed by atoms with Crippen molar-refractivity contribution in [1.29, 1.82) is 0 Å². The van der Waals surface area contributed by atoms with Crippen molar-refractivity contribution in [2.45, 2.75) is 31.7 Å². The fourth-order valence-electron chi connectivity index (χ4n) is 2.18. The molecule has 0 amide bonds. The van der Waals surface area contributed by atoms with Crippen molar-refractivity contribution in [3.8, 4) is 0 Å². The average Bonchev–Trinajstić information content (AvgIpc) is 2.60. The van der Waals surface area contributed by atoms with E-state index in [4.69, 9.17) is 5.11 Å². The van der Waals surface area contributed by atoms with E-state index in [-0.39, 0.29) is 12.0 Å². The summed E-state index contributed by atoms with van der Waals surface area (Å²) in [7, 11) is 4.10. The smallest absolute Gasteiger partial charge is 0.308 e. The Morgan fingerprint density at radius 2 is 2.20 bits per heavy atom. The topological polar surface area (TPSA) is 52.6 Å². The van der Waals surface area contributed by atoms with Crippen LogP contribution in [-0.4, -0.2) is 49.2 Å². The predicted molar refractivity (Wildman–Crippen MR) is 59.9 cm³/mol. The molecular weight excluding hydrogens is 192 g/mol. The Balaban J connectivity index is 2.17. The van der Waals surface area contributed by atoms with Gasteiger partial charge in [0.15, 0.2) is 0 Å². The minimum Gasteiger partial charge on any atom is -0.481 e. The third-order valence-corrected chi connectivity index (χ3v) is 3.02. The molecule has 0 aromatic carbocycles. The maximum absolute atomic E-state index is 10.9. The molecule has 1 aliphatic carbocycles. The molecule has 2 unspecified atom stereocenters. The molecule has 4 heteroatoms. The van der Waals surface area contributed by atoms with Gasteiger partial charge in [-0.25, -0.2) is 0 Å². The largest absolute Gasteiger partial charge is 0.481 e. The summed E-state index contributed by atoms with van der Waals surface area (Å²) in [6.07, 6.45) is 3.97. The van der Waals surface area contributed by atoms with Crippen molar-refractivity contribution >= 4 is 5.97 Å². The SMILES string of the molecule is CN(C)CCCNC1CCCC1C(=O)O. The molecule has 1 fully saturated rings. The van der Waals surface area contributed by atoms with Crippen molar-refractivity contribution in [3.63, 3.8) is 0 Å². The molecule has 2 N–H and O–H groups in total. The highest BCUT2D eigenvalue weighted by Crippen LogP contribution is 2.25. The van der Waals surface area contributed by atoms with Crippen molar-refractivity contribution in [1.82, 2.24) is 10.2 Å². The van der Waals surface area contributed by atoms with Crippen LogP contribution in [0, 0.1) is 5.92 Å². The summed E-state index contributed by atoms with van der Waals surface area (Å²) < 4.78 is 0. The normalized spacial score (nSPS) is 26.1. The molecule has 1 saturated carbocycles. The van der Waals surface area contributed by atoms with Crippen LogP contribution < -0.4 is 5.32 Å². The van der Waals surface area contributed by atoms with Gasteiger partial charge >= 0.3 is 5.97 Å². The molecule has 0 spiro atoms. The van der Waals surface area contributed by atoms with Crippen LogP contribution in [0.4, 0.5) is 0 Å². The van der Waals surface area contributed by atoms with Gasteiger partial charge < -0.3 is 15.3 Å². The first-order valence-electron chi connectivity index (χ1n) is 5.72. The molecule has 4 nitrogen and oxygen atoms in total. The van der Waals surface area contributed by atoms with E-state index in [0.717, 1.165) is 38.8 Å². The van der Waals surface area contributed by atoms with Crippen LogP contribution >= 0.6 is 0 Å². The van der Waals surface area contributed by atoms with Crippen LogP contribution in [-0.2, 0) is 4.79 Å². The van der Waals surface area contributed by atoms with Gasteiger partial charge in [-0.3, -0.25) is 4.79 Å². The van der Waals surface area contributed by atoms with Gasteiger partial charge in [-0.15, -0.1) is 0 Å². The van der Waals surface area contributed by atoms with E-state index in [9.17, 15) is 4.79 Å². The average molecular weight is 214 g/mol. The zero-order valence-corrected chi connectivity index (χ0v) is 9.70. The van der Waals surface area contributed by atoms with Crippen LogP contribution in [0.5, 0.6) is 0 Å². The summed E-state index contributed by atoms with van der Waals surface area (Å²) in [6.45, 7) is 1.98. The molecular formula is C11H22N2O2. The lowest BCUT2D eigenvalue weighted by molar-refractivity contribution is -0.142. The molecule has 0 aromatic rings. The Labute approximate surface area is 91.6 Å². The Hall–Kier alpha value is -0.610. The zero-order chi connectivity index (χ0) is 11.3. The number of hydrogen-bond acceptors (Lipinski definition) is 3. The third kappa shape index (κ3) is 4.18. The second-order valence-electron chi connectivity index (χ2n) is 4.59. The van der Waals surface area contributed by atoms with E-state index >= 15 is 0 Å². The van der Waals surface area contributed by atoms with E-state index in [0.29, 0.717) is 0 Å². The van der Waals surface area contributed by atoms with Gasteiger partial charge in [-0.2, -0.15) is 0 Å². The molecule has 0 aromatic heterocycles. The number of carboxylic acid groups (broad SMARTS) is 1. The number of nitrogens with zero attached hydrogens (tertiary/aromatic N) is 1. The molecule has 0 radical (unpaired) electrons. The van der Waals surface area contributed by atoms with E-state index < -0.39 is 5.97 Å². The van der Waals surface area contributed by atoms with Crippen LogP contribution in [0.1, 0.15) is 25.7 Å². The quantitative estimate of drug-likeness (QED) is 0.642. The monoisotopic (exact) mass is 214 g/mol. The highest BCUT2D eigenvalue weighted by atomic mass is 16.4. The molecule has 0 saturated heterocycles. The lowest BCUT2D eigenvalue weighted by Gasteiger charge is -2.18. The molecule has 0 bridgehead atoms. The van der Waals surface area contributed by atoms with Crippen molar-refractivity contribution < 1.29 is 9.90 Å². The van der Waals surface area contributed by atoms with Gasteiger partial charge in [0.2, 0.25) is 0 Å². The molecule has 88 valence electrons. The molecule has 0 heterocycles. The highest BCUT2D eigenvalue weighted by Gasteiger charge is 2.32. The van der Waals surface area contributed by atoms with Crippen LogP contribution in [0.25, 0.3) is 0 Å². The van der Waals surface area contributed by atoms with E-state index in [1.807, 2.05) is 0 Å². The summed E-state index contributed by atoms with van der Waals surface area (Å²) in [5.74, 6) is -0.804. The first-order chi connectivity index (χ1) is 7.11. The van der Waals surface area contributed by atoms with Gasteiger partial charge in [0.05, 0.1) is 5.92 Å². The highest BCUT2D eigenvalue weighted by molar-refractivity contribution is 5.71. The van der Waals surface area contributed by atoms with Crippen LogP contribution in [0.15, 0.2) is 0 Å². The first-order valence-corrected chi connectivity index (χ1v) is 5.72. The van der Waals surface area contributed by atoms with Gasteiger partial charge in [-0.1, -0.05) is 6.42 Å². The number of carbonyl (C=O) groups is 1. The fourth-order valence-corrected chi connectivity index (χ4v) is 2.18. The maximum atomic E-state index is 10.9. The molecule has 15 heavy (non-hydrogen) atoms. The van der Waals surface area contributed by atoms with E-state index in [1.54, 1.807) is 0 Å². The van der Waals surface area contributed by atoms with Gasteiger partial charge in [0.25, 0.3) is 0 Å². The second-order valence-corrected chi connectivity index (χ2v) is 4.59. The minimum atomic E-state index is -0.641. The number of hydrogen-bond donors (Lipinski definition) is 2. The third-order valence-electron chi connectivity index (χ3n) is 3.02. The lowest BCUT2D eigenvalue weighted by Crippen LogP contribution is -2.37. The van der Waals surface area contributed by atoms with Gasteiger partial charge in [-0.05, 0) is 46.4 Å². The number of rotatable bonds is 6. The summed E-state index contributed by atoms with van der Waals surface area (Å²) in [6, 6.07) is 0.199. The molecule has 1 aliphatic rings. The molecule has 2 atom stereocenters. The zero-order valence-electron chi connectivity index (χ0n) is 9.70. The van der Waals surface area contributed by atoms with Crippen LogP contribution in [0.2, 0.25) is 0 Å². The second kappa shape index (κ2) is 6.08. The summed E-state index contributed by atoms with van der Waals surface area (Å²) in [4.78, 5) is 13.0. The minimum absolute atomic E-state index is 0.163. The lowest BCUT2D eigenvalue weighted by atomic mass is 10.0. The Morgan fingerprint density at radius 1 is 1.47 bits per heavy atom. The Bertz CT molecular complexity index is 207. The number of aliphatic carboxylic acids is 1. The summed E-state index contributed by atoms with van der Waals surface area (Å²) in [5.41, 5.74) is 0. The van der Waals surface area contributed by atoms with Crippen molar-refractivity contribution in [2.24, 2.45) is 5.92 Å². The predicted octanol–water partition coefficient (Wildman–Crippen LogP) is 0.781. The van der Waals surface area contributed by atoms with Gasteiger partial charge in [0.1, 0.15) is 0 Å².